The van der Waals surface area contributed by atoms with Crippen LogP contribution in [0.2, 0.25) is 0 Å². The zero-order valence-electron chi connectivity index (χ0n) is 16.4. The topological polar surface area (TPSA) is 27.7 Å². The highest BCUT2D eigenvalue weighted by Gasteiger charge is 2.21. The molecule has 0 spiro atoms. The molecule has 2 rings (SSSR count). The average Bonchev–Trinajstić information content (AvgIpc) is 2.57. The summed E-state index contributed by atoms with van der Waals surface area (Å²) >= 11 is 11.3. The van der Waals surface area contributed by atoms with E-state index in [1.165, 1.54) is 0 Å². The first kappa shape index (κ1) is 21.5. The fourth-order valence-electron chi connectivity index (χ4n) is 2.57. The number of rotatable bonds is 7. The molecule has 27 heavy (non-hydrogen) atoms. The number of ether oxygens (including phenoxy) is 3. The van der Waals surface area contributed by atoms with E-state index in [0.29, 0.717) is 13.2 Å². The molecule has 0 amide bonds. The van der Waals surface area contributed by atoms with Crippen molar-refractivity contribution in [3.63, 3.8) is 0 Å². The Morgan fingerprint density at radius 1 is 0.963 bits per heavy atom. The second-order valence-electron chi connectivity index (χ2n) is 7.18. The van der Waals surface area contributed by atoms with Gasteiger partial charge in [-0.05, 0) is 67.3 Å². The minimum atomic E-state index is -0.117. The van der Waals surface area contributed by atoms with E-state index in [0.717, 1.165) is 34.1 Å². The lowest BCUT2D eigenvalue weighted by Gasteiger charge is -2.24. The van der Waals surface area contributed by atoms with Crippen molar-refractivity contribution >= 4 is 23.2 Å². The number of aryl methyl sites for hydroxylation is 1. The summed E-state index contributed by atoms with van der Waals surface area (Å²) in [5.41, 5.74) is 1.91. The Bertz CT molecular complexity index is 786. The maximum atomic E-state index is 6.11. The molecule has 0 aliphatic rings. The van der Waals surface area contributed by atoms with Crippen LogP contribution in [0.25, 0.3) is 0 Å². The van der Waals surface area contributed by atoms with Crippen LogP contribution >= 0.6 is 23.2 Å². The van der Waals surface area contributed by atoms with Crippen molar-refractivity contribution in [1.29, 1.82) is 0 Å². The molecule has 0 radical (unpaired) electrons. The maximum Gasteiger partial charge on any atom is 0.130 e. The van der Waals surface area contributed by atoms with E-state index < -0.39 is 0 Å². The summed E-state index contributed by atoms with van der Waals surface area (Å²) in [5.74, 6) is 3.17. The normalized spacial score (nSPS) is 11.1. The van der Waals surface area contributed by atoms with E-state index in [9.17, 15) is 0 Å². The lowest BCUT2D eigenvalue weighted by Crippen LogP contribution is -2.14. The highest BCUT2D eigenvalue weighted by atomic mass is 35.5. The van der Waals surface area contributed by atoms with Crippen molar-refractivity contribution in [2.24, 2.45) is 0 Å². The molecule has 0 aliphatic heterocycles. The van der Waals surface area contributed by atoms with Gasteiger partial charge in [0.15, 0.2) is 0 Å². The molecule has 0 atom stereocenters. The molecule has 0 N–H and O–H groups in total. The van der Waals surface area contributed by atoms with Gasteiger partial charge in [-0.1, -0.05) is 44.0 Å². The van der Waals surface area contributed by atoms with Crippen molar-refractivity contribution in [2.45, 2.75) is 40.0 Å². The second kappa shape index (κ2) is 9.38. The zero-order chi connectivity index (χ0) is 20.0. The quantitative estimate of drug-likeness (QED) is 0.485. The van der Waals surface area contributed by atoms with Crippen LogP contribution in [0.15, 0.2) is 47.0 Å². The Hall–Kier alpha value is -1.84. The molecule has 5 heteroatoms. The van der Waals surface area contributed by atoms with Gasteiger partial charge in [0.05, 0.1) is 6.61 Å². The summed E-state index contributed by atoms with van der Waals surface area (Å²) in [6, 6.07) is 11.6. The van der Waals surface area contributed by atoms with Gasteiger partial charge in [0.1, 0.15) is 34.1 Å². The fourth-order valence-corrected chi connectivity index (χ4v) is 2.70. The standard InChI is InChI=1S/C22H26Cl2O3/c1-6-25-16-7-9-17(10-8-16)27-19-14-18(22(3,4)5)20(13-15(19)2)26-12-11-21(23)24/h7-11,13-14H,6,12H2,1-5H3. The summed E-state index contributed by atoms with van der Waals surface area (Å²) in [5, 5.41) is 0. The van der Waals surface area contributed by atoms with Gasteiger partial charge in [-0.2, -0.15) is 0 Å². The lowest BCUT2D eigenvalue weighted by atomic mass is 9.85. The van der Waals surface area contributed by atoms with Gasteiger partial charge < -0.3 is 14.2 Å². The van der Waals surface area contributed by atoms with Crippen LogP contribution in [-0.4, -0.2) is 13.2 Å². The number of hydrogen-bond donors (Lipinski definition) is 0. The molecular weight excluding hydrogens is 383 g/mol. The van der Waals surface area contributed by atoms with Crippen molar-refractivity contribution in [2.75, 3.05) is 13.2 Å². The van der Waals surface area contributed by atoms with Gasteiger partial charge >= 0.3 is 0 Å². The molecule has 2 aromatic rings. The van der Waals surface area contributed by atoms with Crippen molar-refractivity contribution in [1.82, 2.24) is 0 Å². The minimum absolute atomic E-state index is 0.117. The molecule has 0 fully saturated rings. The highest BCUT2D eigenvalue weighted by Crippen LogP contribution is 2.38. The van der Waals surface area contributed by atoms with Crippen molar-refractivity contribution in [3.05, 3.63) is 58.1 Å². The van der Waals surface area contributed by atoms with Crippen LogP contribution < -0.4 is 14.2 Å². The third-order valence-corrected chi connectivity index (χ3v) is 4.23. The summed E-state index contributed by atoms with van der Waals surface area (Å²) in [4.78, 5) is 0. The first-order chi connectivity index (χ1) is 12.7. The van der Waals surface area contributed by atoms with E-state index in [4.69, 9.17) is 37.4 Å². The second-order valence-corrected chi connectivity index (χ2v) is 8.18. The SMILES string of the molecule is CCOc1ccc(Oc2cc(C(C)(C)C)c(OCC=C(Cl)Cl)cc2C)cc1. The Kier molecular flexibility index (Phi) is 7.46. The van der Waals surface area contributed by atoms with Crippen LogP contribution in [0, 0.1) is 6.92 Å². The van der Waals surface area contributed by atoms with Crippen LogP contribution in [0.3, 0.4) is 0 Å². The van der Waals surface area contributed by atoms with E-state index in [1.54, 1.807) is 6.08 Å². The van der Waals surface area contributed by atoms with E-state index in [1.807, 2.05) is 50.2 Å². The smallest absolute Gasteiger partial charge is 0.130 e. The first-order valence-corrected chi connectivity index (χ1v) is 9.66. The average molecular weight is 409 g/mol. The summed E-state index contributed by atoms with van der Waals surface area (Å²) in [6.07, 6.45) is 1.62. The van der Waals surface area contributed by atoms with Crippen LogP contribution in [-0.2, 0) is 5.41 Å². The third-order valence-electron chi connectivity index (χ3n) is 3.92. The highest BCUT2D eigenvalue weighted by molar-refractivity contribution is 6.55. The van der Waals surface area contributed by atoms with Crippen LogP contribution in [0.5, 0.6) is 23.0 Å². The molecule has 2 aromatic carbocycles. The number of halogens is 2. The molecule has 0 bridgehead atoms. The molecule has 0 aromatic heterocycles. The molecule has 0 aliphatic carbocycles. The minimum Gasteiger partial charge on any atom is -0.494 e. The molecule has 0 saturated heterocycles. The molecule has 3 nitrogen and oxygen atoms in total. The Morgan fingerprint density at radius 3 is 2.15 bits per heavy atom. The largest absolute Gasteiger partial charge is 0.494 e. The molecule has 0 unspecified atom stereocenters. The summed E-state index contributed by atoms with van der Waals surface area (Å²) in [6.45, 7) is 11.3. The molecular formula is C22H26Cl2O3. The Labute approximate surface area is 171 Å². The van der Waals surface area contributed by atoms with Crippen molar-refractivity contribution < 1.29 is 14.2 Å². The van der Waals surface area contributed by atoms with Crippen LogP contribution in [0.1, 0.15) is 38.8 Å². The lowest BCUT2D eigenvalue weighted by molar-refractivity contribution is 0.339. The van der Waals surface area contributed by atoms with Gasteiger partial charge in [-0.3, -0.25) is 0 Å². The third kappa shape index (κ3) is 6.37. The van der Waals surface area contributed by atoms with Gasteiger partial charge in [0.2, 0.25) is 0 Å². The molecule has 0 heterocycles. The Morgan fingerprint density at radius 2 is 1.59 bits per heavy atom. The fraction of sp³-hybridized carbons (Fsp3) is 0.364. The van der Waals surface area contributed by atoms with Crippen LogP contribution in [0.4, 0.5) is 0 Å². The van der Waals surface area contributed by atoms with E-state index >= 15 is 0 Å². The molecule has 146 valence electrons. The van der Waals surface area contributed by atoms with E-state index in [2.05, 4.69) is 20.8 Å². The summed E-state index contributed by atoms with van der Waals surface area (Å²) < 4.78 is 17.7. The maximum absolute atomic E-state index is 6.11. The predicted octanol–water partition coefficient (Wildman–Crippen LogP) is 7.18. The zero-order valence-corrected chi connectivity index (χ0v) is 17.9. The van der Waals surface area contributed by atoms with Gasteiger partial charge in [-0.25, -0.2) is 0 Å². The monoisotopic (exact) mass is 408 g/mol. The predicted molar refractivity (Wildman–Crippen MR) is 113 cm³/mol. The van der Waals surface area contributed by atoms with Gasteiger partial charge in [0.25, 0.3) is 0 Å². The summed E-state index contributed by atoms with van der Waals surface area (Å²) in [7, 11) is 0. The number of benzene rings is 2. The van der Waals surface area contributed by atoms with Gasteiger partial charge in [-0.15, -0.1) is 0 Å². The molecule has 0 saturated carbocycles. The number of hydrogen-bond acceptors (Lipinski definition) is 3. The van der Waals surface area contributed by atoms with Crippen molar-refractivity contribution in [3.8, 4) is 23.0 Å². The van der Waals surface area contributed by atoms with Gasteiger partial charge in [0, 0.05) is 5.56 Å². The first-order valence-electron chi connectivity index (χ1n) is 8.90. The van der Waals surface area contributed by atoms with E-state index in [-0.39, 0.29) is 9.91 Å². The Balaban J connectivity index is 2.30.